The van der Waals surface area contributed by atoms with E-state index in [1.54, 1.807) is 11.3 Å². The summed E-state index contributed by atoms with van der Waals surface area (Å²) >= 11 is 0. The molecule has 126 valence electrons. The molecule has 7 nitrogen and oxygen atoms in total. The van der Waals surface area contributed by atoms with Gasteiger partial charge in [0.15, 0.2) is 11.5 Å². The summed E-state index contributed by atoms with van der Waals surface area (Å²) in [5.74, 6) is 0.686. The molecule has 3 heterocycles. The summed E-state index contributed by atoms with van der Waals surface area (Å²) in [6, 6.07) is 5.13. The second kappa shape index (κ2) is 6.18. The molecule has 1 N–H and O–H groups in total. The fraction of sp³-hybridized carbons (Fsp3) is 0.600. The number of nitrogens with one attached hydrogen (secondary N) is 1. The molecule has 0 saturated carbocycles. The smallest absolute Gasteiger partial charge is 0.212 e. The molecule has 2 aromatic heterocycles. The van der Waals surface area contributed by atoms with E-state index in [-0.39, 0.29) is 11.2 Å². The number of pyridine rings is 1. The highest BCUT2D eigenvalue weighted by molar-refractivity contribution is 7.89. The summed E-state index contributed by atoms with van der Waals surface area (Å²) in [5, 5.41) is 8.17. The average Bonchev–Trinajstić information content (AvgIpc) is 2.90. The van der Waals surface area contributed by atoms with Crippen molar-refractivity contribution in [3.63, 3.8) is 0 Å². The first kappa shape index (κ1) is 16.4. The minimum Gasteiger partial charge on any atom is -0.381 e. The molecule has 1 saturated heterocycles. The second-order valence-electron chi connectivity index (χ2n) is 6.51. The quantitative estimate of drug-likeness (QED) is 0.893. The van der Waals surface area contributed by atoms with Gasteiger partial charge in [0.2, 0.25) is 10.0 Å². The molecule has 8 heteroatoms. The van der Waals surface area contributed by atoms with E-state index < -0.39 is 16.1 Å². The van der Waals surface area contributed by atoms with Gasteiger partial charge in [0, 0.05) is 19.4 Å². The van der Waals surface area contributed by atoms with Crippen LogP contribution in [0.2, 0.25) is 0 Å². The number of rotatable bonds is 5. The first-order valence-corrected chi connectivity index (χ1v) is 9.41. The Morgan fingerprint density at radius 2 is 2.09 bits per heavy atom. The summed E-state index contributed by atoms with van der Waals surface area (Å²) in [7, 11) is -3.42. The molecule has 0 radical (unpaired) electrons. The fourth-order valence-corrected chi connectivity index (χ4v) is 4.92. The highest BCUT2D eigenvalue weighted by atomic mass is 32.2. The standard InChI is InChI=1S/C15H22N4O3S/c1-12(14-17-16-13-5-3-4-8-19(13)14)18-23(20,21)11-15(2)6-9-22-10-7-15/h3-5,8,12,18H,6-7,9-11H2,1-2H3. The van der Waals surface area contributed by atoms with Crippen molar-refractivity contribution in [2.24, 2.45) is 5.41 Å². The summed E-state index contributed by atoms with van der Waals surface area (Å²) < 4.78 is 34.9. The van der Waals surface area contributed by atoms with Crippen molar-refractivity contribution in [3.8, 4) is 0 Å². The molecule has 1 atom stereocenters. The zero-order chi connectivity index (χ0) is 16.5. The number of fused-ring (bicyclic) bond motifs is 1. The van der Waals surface area contributed by atoms with Crippen molar-refractivity contribution in [3.05, 3.63) is 30.2 Å². The highest BCUT2D eigenvalue weighted by Gasteiger charge is 2.33. The van der Waals surface area contributed by atoms with Gasteiger partial charge in [0.1, 0.15) is 0 Å². The van der Waals surface area contributed by atoms with Crippen LogP contribution in [-0.2, 0) is 14.8 Å². The van der Waals surface area contributed by atoms with E-state index in [0.29, 0.717) is 24.7 Å². The van der Waals surface area contributed by atoms with E-state index in [9.17, 15) is 8.42 Å². The van der Waals surface area contributed by atoms with Gasteiger partial charge in [-0.05, 0) is 37.3 Å². The van der Waals surface area contributed by atoms with Gasteiger partial charge in [0.25, 0.3) is 0 Å². The SMILES string of the molecule is CC(NS(=O)(=O)CC1(C)CCOCC1)c1nnc2ccccn12. The number of hydrogen-bond acceptors (Lipinski definition) is 5. The van der Waals surface area contributed by atoms with Gasteiger partial charge < -0.3 is 4.74 Å². The second-order valence-corrected chi connectivity index (χ2v) is 8.26. The summed E-state index contributed by atoms with van der Waals surface area (Å²) in [6.45, 7) is 5.03. The molecule has 23 heavy (non-hydrogen) atoms. The molecule has 0 aliphatic carbocycles. The van der Waals surface area contributed by atoms with Gasteiger partial charge in [-0.1, -0.05) is 13.0 Å². The van der Waals surface area contributed by atoms with Crippen LogP contribution < -0.4 is 4.72 Å². The largest absolute Gasteiger partial charge is 0.381 e. The minimum absolute atomic E-state index is 0.102. The van der Waals surface area contributed by atoms with Gasteiger partial charge in [-0.3, -0.25) is 4.40 Å². The maximum absolute atomic E-state index is 12.5. The number of aromatic nitrogens is 3. The molecule has 1 aliphatic rings. The normalized spacial score (nSPS) is 19.7. The molecule has 1 aliphatic heterocycles. The van der Waals surface area contributed by atoms with Crippen molar-refractivity contribution in [2.75, 3.05) is 19.0 Å². The predicted molar refractivity (Wildman–Crippen MR) is 86.5 cm³/mol. The van der Waals surface area contributed by atoms with E-state index in [4.69, 9.17) is 4.74 Å². The van der Waals surface area contributed by atoms with Gasteiger partial charge in [-0.15, -0.1) is 10.2 Å². The molecular weight excluding hydrogens is 316 g/mol. The topological polar surface area (TPSA) is 85.6 Å². The van der Waals surface area contributed by atoms with Gasteiger partial charge >= 0.3 is 0 Å². The monoisotopic (exact) mass is 338 g/mol. The third kappa shape index (κ3) is 3.70. The zero-order valence-electron chi connectivity index (χ0n) is 13.4. The highest BCUT2D eigenvalue weighted by Crippen LogP contribution is 2.31. The van der Waals surface area contributed by atoms with E-state index in [2.05, 4.69) is 14.9 Å². The van der Waals surface area contributed by atoms with Gasteiger partial charge in [-0.2, -0.15) is 0 Å². The van der Waals surface area contributed by atoms with Crippen molar-refractivity contribution >= 4 is 15.7 Å². The lowest BCUT2D eigenvalue weighted by molar-refractivity contribution is 0.0340. The molecule has 3 rings (SSSR count). The number of hydrogen-bond donors (Lipinski definition) is 1. The lowest BCUT2D eigenvalue weighted by Gasteiger charge is -2.33. The third-order valence-corrected chi connectivity index (χ3v) is 6.11. The molecule has 0 amide bonds. The van der Waals surface area contributed by atoms with Crippen LogP contribution in [-0.4, -0.2) is 42.0 Å². The van der Waals surface area contributed by atoms with Crippen molar-refractivity contribution in [1.29, 1.82) is 0 Å². The van der Waals surface area contributed by atoms with Crippen molar-refractivity contribution in [1.82, 2.24) is 19.3 Å². The van der Waals surface area contributed by atoms with Crippen LogP contribution in [0.15, 0.2) is 24.4 Å². The molecule has 1 unspecified atom stereocenters. The van der Waals surface area contributed by atoms with E-state index in [1.165, 1.54) is 0 Å². The Bertz CT molecular complexity index is 781. The Morgan fingerprint density at radius 1 is 1.35 bits per heavy atom. The van der Waals surface area contributed by atoms with Crippen LogP contribution >= 0.6 is 0 Å². The average molecular weight is 338 g/mol. The first-order chi connectivity index (χ1) is 10.9. The van der Waals surface area contributed by atoms with Crippen molar-refractivity contribution in [2.45, 2.75) is 32.7 Å². The summed E-state index contributed by atoms with van der Waals surface area (Å²) in [6.07, 6.45) is 3.35. The van der Waals surface area contributed by atoms with Gasteiger partial charge in [0.05, 0.1) is 11.8 Å². The van der Waals surface area contributed by atoms with E-state index >= 15 is 0 Å². The van der Waals surface area contributed by atoms with E-state index in [1.807, 2.05) is 31.3 Å². The Labute approximate surface area is 136 Å². The lowest BCUT2D eigenvalue weighted by atomic mass is 9.85. The Balaban J connectivity index is 1.74. The van der Waals surface area contributed by atoms with Crippen LogP contribution in [0.1, 0.15) is 38.6 Å². The summed E-state index contributed by atoms with van der Waals surface area (Å²) in [5.41, 5.74) is 0.460. The van der Waals surface area contributed by atoms with Crippen LogP contribution in [0, 0.1) is 5.41 Å². The Morgan fingerprint density at radius 3 is 2.83 bits per heavy atom. The fourth-order valence-electron chi connectivity index (χ4n) is 2.99. The number of ether oxygens (including phenoxy) is 1. The molecule has 1 fully saturated rings. The predicted octanol–water partition coefficient (Wildman–Crippen LogP) is 1.53. The Kier molecular flexibility index (Phi) is 4.39. The molecule has 0 spiro atoms. The number of nitrogens with zero attached hydrogens (tertiary/aromatic N) is 3. The van der Waals surface area contributed by atoms with E-state index in [0.717, 1.165) is 12.8 Å². The first-order valence-electron chi connectivity index (χ1n) is 7.76. The van der Waals surface area contributed by atoms with Crippen molar-refractivity contribution < 1.29 is 13.2 Å². The summed E-state index contributed by atoms with van der Waals surface area (Å²) in [4.78, 5) is 0. The minimum atomic E-state index is -3.42. The molecule has 0 bridgehead atoms. The van der Waals surface area contributed by atoms with Crippen LogP contribution in [0.5, 0.6) is 0 Å². The maximum atomic E-state index is 12.5. The number of sulfonamides is 1. The van der Waals surface area contributed by atoms with Crippen LogP contribution in [0.3, 0.4) is 0 Å². The van der Waals surface area contributed by atoms with Crippen LogP contribution in [0.4, 0.5) is 0 Å². The maximum Gasteiger partial charge on any atom is 0.212 e. The molecule has 2 aromatic rings. The molecule has 0 aromatic carbocycles. The molecular formula is C15H22N4O3S. The Hall–Kier alpha value is -1.51. The van der Waals surface area contributed by atoms with Crippen LogP contribution in [0.25, 0.3) is 5.65 Å². The third-order valence-electron chi connectivity index (χ3n) is 4.32. The lowest BCUT2D eigenvalue weighted by Crippen LogP contribution is -2.39. The zero-order valence-corrected chi connectivity index (χ0v) is 14.2. The van der Waals surface area contributed by atoms with Gasteiger partial charge in [-0.25, -0.2) is 13.1 Å².